The van der Waals surface area contributed by atoms with Crippen LogP contribution >= 0.6 is 11.3 Å². The minimum Gasteiger partial charge on any atom is -0.459 e. The fourth-order valence-electron chi connectivity index (χ4n) is 2.02. The lowest BCUT2D eigenvalue weighted by Gasteiger charge is -2.00. The van der Waals surface area contributed by atoms with E-state index >= 15 is 0 Å². The first-order valence-electron chi connectivity index (χ1n) is 6.72. The quantitative estimate of drug-likeness (QED) is 0.760. The van der Waals surface area contributed by atoms with E-state index in [0.717, 1.165) is 21.7 Å². The molecule has 0 unspecified atom stereocenters. The molecular formula is C17H14N2O2S. The number of anilines is 1. The second-order valence-corrected chi connectivity index (χ2v) is 5.77. The van der Waals surface area contributed by atoms with Crippen molar-refractivity contribution in [2.24, 2.45) is 0 Å². The van der Waals surface area contributed by atoms with Crippen LogP contribution in [0.25, 0.3) is 16.8 Å². The molecule has 22 heavy (non-hydrogen) atoms. The molecule has 0 aliphatic heterocycles. The van der Waals surface area contributed by atoms with E-state index in [4.69, 9.17) is 4.42 Å². The maximum Gasteiger partial charge on any atom is 0.293 e. The minimum absolute atomic E-state index is 0.258. The number of rotatable bonds is 4. The summed E-state index contributed by atoms with van der Waals surface area (Å²) in [5.41, 5.74) is 2.73. The monoisotopic (exact) mass is 310 g/mol. The number of benzene rings is 1. The second-order valence-electron chi connectivity index (χ2n) is 4.77. The molecule has 0 atom stereocenters. The molecule has 1 amide bonds. The lowest BCUT2D eigenvalue weighted by atomic mass is 10.1. The molecule has 2 heterocycles. The minimum atomic E-state index is -0.313. The van der Waals surface area contributed by atoms with Crippen molar-refractivity contribution in [3.63, 3.8) is 0 Å². The predicted octanol–water partition coefficient (Wildman–Crippen LogP) is 4.69. The van der Waals surface area contributed by atoms with E-state index < -0.39 is 0 Å². The Labute approximate surface area is 132 Å². The number of aromatic nitrogens is 1. The highest BCUT2D eigenvalue weighted by molar-refractivity contribution is 7.17. The van der Waals surface area contributed by atoms with Crippen LogP contribution in [0.15, 0.2) is 59.7 Å². The summed E-state index contributed by atoms with van der Waals surface area (Å²) in [6, 6.07) is 13.1. The third-order valence-electron chi connectivity index (χ3n) is 3.03. The van der Waals surface area contributed by atoms with Gasteiger partial charge in [-0.3, -0.25) is 10.1 Å². The summed E-state index contributed by atoms with van der Waals surface area (Å²) in [4.78, 5) is 17.5. The summed E-state index contributed by atoms with van der Waals surface area (Å²) in [5, 5.41) is 3.29. The number of furan rings is 1. The number of nitrogens with zero attached hydrogens (tertiary/aromatic N) is 1. The molecule has 2 aromatic heterocycles. The number of carbonyl (C=O) groups excluding carboxylic acids is 1. The molecule has 0 spiro atoms. The highest BCUT2D eigenvalue weighted by Gasteiger charge is 2.16. The van der Waals surface area contributed by atoms with Gasteiger partial charge in [0.15, 0.2) is 10.9 Å². The van der Waals surface area contributed by atoms with Crippen LogP contribution in [-0.4, -0.2) is 10.9 Å². The Morgan fingerprint density at radius 2 is 2.00 bits per heavy atom. The number of hydrogen-bond acceptors (Lipinski definition) is 4. The number of nitrogens with one attached hydrogen (secondary N) is 1. The van der Waals surface area contributed by atoms with Gasteiger partial charge in [-0.25, -0.2) is 4.98 Å². The zero-order valence-electron chi connectivity index (χ0n) is 12.0. The molecule has 0 saturated carbocycles. The van der Waals surface area contributed by atoms with Gasteiger partial charge < -0.3 is 4.42 Å². The highest BCUT2D eigenvalue weighted by atomic mass is 32.1. The van der Waals surface area contributed by atoms with Gasteiger partial charge >= 0.3 is 0 Å². The molecule has 4 nitrogen and oxygen atoms in total. The average molecular weight is 310 g/mol. The lowest BCUT2D eigenvalue weighted by Crippen LogP contribution is -2.10. The van der Waals surface area contributed by atoms with E-state index in [2.05, 4.69) is 16.9 Å². The molecule has 3 rings (SSSR count). The van der Waals surface area contributed by atoms with Gasteiger partial charge in [-0.05, 0) is 24.6 Å². The summed E-state index contributed by atoms with van der Waals surface area (Å²) in [7, 11) is 0. The number of amides is 1. The van der Waals surface area contributed by atoms with Gasteiger partial charge in [0, 0.05) is 5.56 Å². The summed E-state index contributed by atoms with van der Waals surface area (Å²) < 4.78 is 5.08. The molecule has 5 heteroatoms. The number of carbonyl (C=O) groups is 1. The van der Waals surface area contributed by atoms with Crippen LogP contribution in [0.3, 0.4) is 0 Å². The molecule has 3 aromatic rings. The van der Waals surface area contributed by atoms with Crippen LogP contribution in [0, 0.1) is 0 Å². The SMILES string of the molecule is C=C(C)c1sc(NC(=O)c2ccco2)nc1-c1ccccc1. The van der Waals surface area contributed by atoms with Crippen molar-refractivity contribution in [1.82, 2.24) is 4.98 Å². The Morgan fingerprint density at radius 1 is 1.23 bits per heavy atom. The first-order valence-corrected chi connectivity index (χ1v) is 7.54. The van der Waals surface area contributed by atoms with Crippen LogP contribution in [0.1, 0.15) is 22.4 Å². The first-order chi connectivity index (χ1) is 10.6. The standard InChI is InChI=1S/C17H14N2O2S/c1-11(2)15-14(12-7-4-3-5-8-12)18-17(22-15)19-16(20)13-9-6-10-21-13/h3-10H,1H2,2H3,(H,18,19,20). The Hall–Kier alpha value is -2.66. The Morgan fingerprint density at radius 3 is 2.64 bits per heavy atom. The van der Waals surface area contributed by atoms with E-state index in [0.29, 0.717) is 5.13 Å². The summed E-state index contributed by atoms with van der Waals surface area (Å²) in [5.74, 6) is -0.0556. The van der Waals surface area contributed by atoms with Crippen molar-refractivity contribution < 1.29 is 9.21 Å². The maximum absolute atomic E-state index is 12.0. The molecule has 0 aliphatic rings. The van der Waals surface area contributed by atoms with Gasteiger partial charge in [0.2, 0.25) is 0 Å². The van der Waals surface area contributed by atoms with Gasteiger partial charge in [0.05, 0.1) is 16.8 Å². The summed E-state index contributed by atoms with van der Waals surface area (Å²) in [6.45, 7) is 5.92. The molecule has 0 saturated heterocycles. The molecule has 0 aliphatic carbocycles. The maximum atomic E-state index is 12.0. The van der Waals surface area contributed by atoms with E-state index in [1.807, 2.05) is 37.3 Å². The lowest BCUT2D eigenvalue weighted by molar-refractivity contribution is 0.0996. The fraction of sp³-hybridized carbons (Fsp3) is 0.0588. The molecule has 0 radical (unpaired) electrons. The Bertz CT molecular complexity index is 805. The Balaban J connectivity index is 1.94. The van der Waals surface area contributed by atoms with E-state index in [9.17, 15) is 4.79 Å². The topological polar surface area (TPSA) is 55.1 Å². The van der Waals surface area contributed by atoms with Crippen molar-refractivity contribution in [3.05, 3.63) is 65.9 Å². The van der Waals surface area contributed by atoms with Gasteiger partial charge in [-0.15, -0.1) is 0 Å². The molecule has 110 valence electrons. The van der Waals surface area contributed by atoms with Crippen LogP contribution in [0.4, 0.5) is 5.13 Å². The molecular weight excluding hydrogens is 296 g/mol. The van der Waals surface area contributed by atoms with Gasteiger partial charge in [0.25, 0.3) is 5.91 Å². The van der Waals surface area contributed by atoms with Crippen LogP contribution in [0.2, 0.25) is 0 Å². The van der Waals surface area contributed by atoms with Crippen molar-refractivity contribution in [2.75, 3.05) is 5.32 Å². The zero-order valence-corrected chi connectivity index (χ0v) is 12.8. The Kier molecular flexibility index (Phi) is 3.89. The van der Waals surface area contributed by atoms with Crippen LogP contribution < -0.4 is 5.32 Å². The second kappa shape index (κ2) is 5.99. The highest BCUT2D eigenvalue weighted by Crippen LogP contribution is 2.35. The van der Waals surface area contributed by atoms with Gasteiger partial charge in [0.1, 0.15) is 0 Å². The van der Waals surface area contributed by atoms with E-state index in [-0.39, 0.29) is 11.7 Å². The van der Waals surface area contributed by atoms with Crippen molar-refractivity contribution in [1.29, 1.82) is 0 Å². The van der Waals surface area contributed by atoms with E-state index in [1.54, 1.807) is 12.1 Å². The molecule has 0 fully saturated rings. The number of allylic oxidation sites excluding steroid dienone is 1. The van der Waals surface area contributed by atoms with Gasteiger partial charge in [-0.2, -0.15) is 0 Å². The van der Waals surface area contributed by atoms with Crippen LogP contribution in [0.5, 0.6) is 0 Å². The summed E-state index contributed by atoms with van der Waals surface area (Å²) >= 11 is 1.40. The smallest absolute Gasteiger partial charge is 0.293 e. The first kappa shape index (κ1) is 14.3. The number of thiazole rings is 1. The zero-order chi connectivity index (χ0) is 15.5. The third-order valence-corrected chi connectivity index (χ3v) is 4.16. The van der Waals surface area contributed by atoms with Crippen molar-refractivity contribution in [3.8, 4) is 11.3 Å². The molecule has 0 bridgehead atoms. The molecule has 1 N–H and O–H groups in total. The average Bonchev–Trinajstić information content (AvgIpc) is 3.17. The van der Waals surface area contributed by atoms with Crippen molar-refractivity contribution >= 4 is 27.9 Å². The van der Waals surface area contributed by atoms with Gasteiger partial charge in [-0.1, -0.05) is 48.2 Å². The third kappa shape index (κ3) is 2.84. The molecule has 1 aromatic carbocycles. The van der Waals surface area contributed by atoms with Crippen molar-refractivity contribution in [2.45, 2.75) is 6.92 Å². The number of hydrogen-bond donors (Lipinski definition) is 1. The van der Waals surface area contributed by atoms with Crippen LogP contribution in [-0.2, 0) is 0 Å². The fourth-order valence-corrected chi connectivity index (χ4v) is 2.93. The largest absolute Gasteiger partial charge is 0.459 e. The predicted molar refractivity (Wildman–Crippen MR) is 88.9 cm³/mol. The normalized spacial score (nSPS) is 10.4. The van der Waals surface area contributed by atoms with E-state index in [1.165, 1.54) is 17.6 Å². The summed E-state index contributed by atoms with van der Waals surface area (Å²) in [6.07, 6.45) is 1.46.